The number of ether oxygens (including phenoxy) is 1. The first-order chi connectivity index (χ1) is 15.1. The molecule has 9 nitrogen and oxygen atoms in total. The summed E-state index contributed by atoms with van der Waals surface area (Å²) in [7, 11) is 0. The van der Waals surface area contributed by atoms with E-state index in [1.165, 1.54) is 41.5 Å². The average Bonchev–Trinajstić information content (AvgIpc) is 3.34. The molecule has 154 valence electrons. The van der Waals surface area contributed by atoms with E-state index < -0.39 is 10.8 Å². The van der Waals surface area contributed by atoms with Gasteiger partial charge in [0, 0.05) is 30.1 Å². The quantitative estimate of drug-likeness (QED) is 0.361. The van der Waals surface area contributed by atoms with Crippen LogP contribution in [0.15, 0.2) is 85.6 Å². The zero-order valence-electron chi connectivity index (χ0n) is 16.2. The Morgan fingerprint density at radius 3 is 2.65 bits per heavy atom. The summed E-state index contributed by atoms with van der Waals surface area (Å²) in [6.45, 7) is 0.381. The van der Waals surface area contributed by atoms with E-state index in [4.69, 9.17) is 4.74 Å². The highest BCUT2D eigenvalue weighted by Crippen LogP contribution is 2.25. The fourth-order valence-corrected chi connectivity index (χ4v) is 2.91. The van der Waals surface area contributed by atoms with Gasteiger partial charge in [0.1, 0.15) is 12.3 Å². The van der Waals surface area contributed by atoms with Gasteiger partial charge in [0.05, 0.1) is 23.1 Å². The van der Waals surface area contributed by atoms with E-state index in [0.29, 0.717) is 23.9 Å². The fourth-order valence-electron chi connectivity index (χ4n) is 2.91. The third-order valence-electron chi connectivity index (χ3n) is 4.44. The Morgan fingerprint density at radius 1 is 1.13 bits per heavy atom. The van der Waals surface area contributed by atoms with Crippen LogP contribution in [0, 0.1) is 10.1 Å². The third kappa shape index (κ3) is 4.73. The highest BCUT2D eigenvalue weighted by atomic mass is 16.6. The molecule has 0 atom stereocenters. The monoisotopic (exact) mass is 415 g/mol. The lowest BCUT2D eigenvalue weighted by Gasteiger charge is -2.09. The van der Waals surface area contributed by atoms with Gasteiger partial charge in [0.25, 0.3) is 11.6 Å². The van der Waals surface area contributed by atoms with Gasteiger partial charge in [-0.1, -0.05) is 30.3 Å². The van der Waals surface area contributed by atoms with Crippen molar-refractivity contribution in [2.24, 2.45) is 0 Å². The maximum atomic E-state index is 12.6. The highest BCUT2D eigenvalue weighted by molar-refractivity contribution is 6.04. The van der Waals surface area contributed by atoms with Crippen molar-refractivity contribution in [2.45, 2.75) is 6.61 Å². The van der Waals surface area contributed by atoms with Crippen molar-refractivity contribution in [3.05, 3.63) is 107 Å². The smallest absolute Gasteiger partial charge is 0.294 e. The topological polar surface area (TPSA) is 112 Å². The van der Waals surface area contributed by atoms with Crippen LogP contribution in [0.25, 0.3) is 5.69 Å². The van der Waals surface area contributed by atoms with Crippen molar-refractivity contribution in [1.29, 1.82) is 0 Å². The van der Waals surface area contributed by atoms with Crippen molar-refractivity contribution < 1.29 is 14.5 Å². The number of aromatic nitrogens is 3. The first-order valence-corrected chi connectivity index (χ1v) is 9.31. The van der Waals surface area contributed by atoms with Crippen molar-refractivity contribution in [1.82, 2.24) is 14.5 Å². The van der Waals surface area contributed by atoms with Crippen molar-refractivity contribution >= 4 is 17.3 Å². The molecular formula is C22H17N5O4. The summed E-state index contributed by atoms with van der Waals surface area (Å²) in [6.07, 6.45) is 6.03. The number of hydrogen-bond acceptors (Lipinski definition) is 6. The molecule has 0 saturated carbocycles. The van der Waals surface area contributed by atoms with Crippen LogP contribution in [0.1, 0.15) is 15.9 Å². The Morgan fingerprint density at radius 2 is 1.97 bits per heavy atom. The van der Waals surface area contributed by atoms with Gasteiger partial charge in [-0.3, -0.25) is 14.9 Å². The van der Waals surface area contributed by atoms with Gasteiger partial charge in [-0.2, -0.15) is 0 Å². The zero-order valence-corrected chi connectivity index (χ0v) is 16.2. The van der Waals surface area contributed by atoms with E-state index in [1.807, 2.05) is 30.3 Å². The Labute approximate surface area is 177 Å². The molecule has 31 heavy (non-hydrogen) atoms. The average molecular weight is 415 g/mol. The minimum Gasteiger partial charge on any atom is -0.473 e. The molecule has 0 aliphatic rings. The van der Waals surface area contributed by atoms with Crippen LogP contribution >= 0.6 is 0 Å². The van der Waals surface area contributed by atoms with Gasteiger partial charge < -0.3 is 14.6 Å². The zero-order chi connectivity index (χ0) is 21.6. The van der Waals surface area contributed by atoms with E-state index in [0.717, 1.165) is 5.56 Å². The number of amides is 1. The van der Waals surface area contributed by atoms with Crippen LogP contribution in [0.3, 0.4) is 0 Å². The molecule has 1 N–H and O–H groups in total. The molecule has 4 aromatic rings. The second kappa shape index (κ2) is 8.87. The molecule has 0 fully saturated rings. The maximum absolute atomic E-state index is 12.6. The fraction of sp³-hybridized carbons (Fsp3) is 0.0455. The number of rotatable bonds is 7. The SMILES string of the molecule is O=C(Nc1ccc(OCc2ccccc2)nc1)c1ccc(-n2ccnc2)c([N+](=O)[O-])c1. The predicted octanol–water partition coefficient (Wildman–Crippen LogP) is 4.01. The molecule has 1 amide bonds. The normalized spacial score (nSPS) is 10.5. The lowest BCUT2D eigenvalue weighted by molar-refractivity contribution is -0.384. The number of imidazole rings is 1. The number of pyridine rings is 1. The summed E-state index contributed by atoms with van der Waals surface area (Å²) in [5.74, 6) is -0.0674. The van der Waals surface area contributed by atoms with E-state index in [9.17, 15) is 14.9 Å². The summed E-state index contributed by atoms with van der Waals surface area (Å²) in [5, 5.41) is 14.1. The summed E-state index contributed by atoms with van der Waals surface area (Å²) < 4.78 is 7.13. The second-order valence-corrected chi connectivity index (χ2v) is 6.54. The molecule has 4 rings (SSSR count). The number of hydrogen-bond donors (Lipinski definition) is 1. The van der Waals surface area contributed by atoms with Crippen LogP contribution in [-0.2, 0) is 6.61 Å². The van der Waals surface area contributed by atoms with Crippen LogP contribution in [0.2, 0.25) is 0 Å². The third-order valence-corrected chi connectivity index (χ3v) is 4.44. The lowest BCUT2D eigenvalue weighted by atomic mass is 10.1. The minimum atomic E-state index is -0.535. The standard InChI is InChI=1S/C22H17N5O4/c28-22(17-6-8-19(20(12-17)27(29)30)26-11-10-23-15-26)25-18-7-9-21(24-13-18)31-14-16-4-2-1-3-5-16/h1-13,15H,14H2,(H,25,28). The Balaban J connectivity index is 1.44. The second-order valence-electron chi connectivity index (χ2n) is 6.54. The van der Waals surface area contributed by atoms with Crippen molar-refractivity contribution in [3.8, 4) is 11.6 Å². The Bertz CT molecular complexity index is 1190. The maximum Gasteiger partial charge on any atom is 0.294 e. The molecule has 0 radical (unpaired) electrons. The van der Waals surface area contributed by atoms with Gasteiger partial charge in [-0.05, 0) is 23.8 Å². The molecule has 0 aliphatic heterocycles. The first-order valence-electron chi connectivity index (χ1n) is 9.31. The number of benzene rings is 2. The number of nitro groups is 1. The molecule has 2 aromatic carbocycles. The van der Waals surface area contributed by atoms with Crippen molar-refractivity contribution in [2.75, 3.05) is 5.32 Å². The van der Waals surface area contributed by atoms with Crippen LogP contribution < -0.4 is 10.1 Å². The highest BCUT2D eigenvalue weighted by Gasteiger charge is 2.19. The Kier molecular flexibility index (Phi) is 5.66. The largest absolute Gasteiger partial charge is 0.473 e. The number of nitro benzene ring substituents is 1. The number of anilines is 1. The van der Waals surface area contributed by atoms with Crippen LogP contribution in [0.5, 0.6) is 5.88 Å². The van der Waals surface area contributed by atoms with Crippen LogP contribution in [-0.4, -0.2) is 25.4 Å². The number of nitrogens with one attached hydrogen (secondary N) is 1. The van der Waals surface area contributed by atoms with Gasteiger partial charge in [-0.25, -0.2) is 9.97 Å². The van der Waals surface area contributed by atoms with E-state index >= 15 is 0 Å². The molecule has 0 bridgehead atoms. The number of carbonyl (C=O) groups is 1. The van der Waals surface area contributed by atoms with E-state index in [1.54, 1.807) is 18.3 Å². The number of carbonyl (C=O) groups excluding carboxylic acids is 1. The molecule has 0 saturated heterocycles. The molecule has 0 aliphatic carbocycles. The van der Waals surface area contributed by atoms with E-state index in [2.05, 4.69) is 15.3 Å². The molecular weight excluding hydrogens is 398 g/mol. The predicted molar refractivity (Wildman–Crippen MR) is 113 cm³/mol. The minimum absolute atomic E-state index is 0.153. The Hall–Kier alpha value is -4.53. The first kappa shape index (κ1) is 19.8. The molecule has 9 heteroatoms. The van der Waals surface area contributed by atoms with E-state index in [-0.39, 0.29) is 11.3 Å². The summed E-state index contributed by atoms with van der Waals surface area (Å²) in [6, 6.07) is 17.2. The van der Waals surface area contributed by atoms with Crippen molar-refractivity contribution in [3.63, 3.8) is 0 Å². The molecule has 2 heterocycles. The van der Waals surface area contributed by atoms with Crippen LogP contribution in [0.4, 0.5) is 11.4 Å². The number of nitrogens with zero attached hydrogens (tertiary/aromatic N) is 4. The summed E-state index contributed by atoms with van der Waals surface area (Å²) >= 11 is 0. The molecule has 0 unspecified atom stereocenters. The summed E-state index contributed by atoms with van der Waals surface area (Å²) in [5.41, 5.74) is 1.73. The molecule has 2 aromatic heterocycles. The van der Waals surface area contributed by atoms with Gasteiger partial charge in [-0.15, -0.1) is 0 Å². The van der Waals surface area contributed by atoms with Gasteiger partial charge >= 0.3 is 0 Å². The lowest BCUT2D eigenvalue weighted by Crippen LogP contribution is -2.13. The molecule has 0 spiro atoms. The van der Waals surface area contributed by atoms with Gasteiger partial charge in [0.15, 0.2) is 0 Å². The summed E-state index contributed by atoms with van der Waals surface area (Å²) in [4.78, 5) is 31.6. The van der Waals surface area contributed by atoms with Gasteiger partial charge in [0.2, 0.25) is 5.88 Å².